The predicted molar refractivity (Wildman–Crippen MR) is 156 cm³/mol. The van der Waals surface area contributed by atoms with Crippen LogP contribution < -0.4 is 15.4 Å². The lowest BCUT2D eigenvalue weighted by molar-refractivity contribution is 0.393. The summed E-state index contributed by atoms with van der Waals surface area (Å²) in [6.45, 7) is 11.8. The molecule has 0 unspecified atom stereocenters. The summed E-state index contributed by atoms with van der Waals surface area (Å²) in [6, 6.07) is 13.9. The maximum absolute atomic E-state index is 9.06. The molecule has 0 saturated carbocycles. The number of hydrogen-bond donors (Lipinski definition) is 4. The molecular formula is C30H33N7O2. The molecule has 0 aliphatic carbocycles. The number of allylic oxidation sites excluding steroid dienone is 2. The number of nitrogens with zero attached hydrogens (tertiary/aromatic N) is 3. The molecule has 3 aromatic heterocycles. The molecule has 39 heavy (non-hydrogen) atoms. The summed E-state index contributed by atoms with van der Waals surface area (Å²) in [6.07, 6.45) is 0. The highest BCUT2D eigenvalue weighted by molar-refractivity contribution is 6.16. The largest absolute Gasteiger partial charge is 0.496 e. The van der Waals surface area contributed by atoms with E-state index in [1.165, 1.54) is 0 Å². The molecule has 9 heteroatoms. The summed E-state index contributed by atoms with van der Waals surface area (Å²) in [4.78, 5) is 13.0. The zero-order chi connectivity index (χ0) is 27.8. The number of aromatic nitrogens is 4. The second-order valence-corrected chi connectivity index (χ2v) is 9.93. The van der Waals surface area contributed by atoms with E-state index >= 15 is 0 Å². The Bertz CT molecular complexity index is 1710. The predicted octanol–water partition coefficient (Wildman–Crippen LogP) is 6.41. The van der Waals surface area contributed by atoms with E-state index in [1.807, 2.05) is 70.2 Å². The molecule has 3 heterocycles. The first-order valence-corrected chi connectivity index (χ1v) is 12.9. The van der Waals surface area contributed by atoms with Crippen LogP contribution >= 0.6 is 0 Å². The molecule has 0 spiro atoms. The fourth-order valence-corrected chi connectivity index (χ4v) is 4.97. The average molecular weight is 524 g/mol. The topological polar surface area (TPSA) is 125 Å². The minimum Gasteiger partial charge on any atom is -0.496 e. The maximum Gasteiger partial charge on any atom is 0.144 e. The molecule has 5 rings (SSSR count). The molecule has 2 aromatic carbocycles. The summed E-state index contributed by atoms with van der Waals surface area (Å²) < 4.78 is 11.3. The number of fused-ring (bicyclic) bond motifs is 3. The standard InChI is InChI=1S/C30H33N7O2/c1-15(2)32-17(4)28(27(31)20-11-9-8-10-12-20)36-30-26-21-14-24(38-7)22(25-16(3)37-39-18(25)5)13-23(21)35-29(26)33-19(6)34-30/h8-15,31-32H,1-7H3,(H2,33,34,35,36)/b28-17+,31-27?. The first-order chi connectivity index (χ1) is 18.7. The fraction of sp³-hybridized carbons (Fsp3) is 0.267. The van der Waals surface area contributed by atoms with Gasteiger partial charge < -0.3 is 24.9 Å². The SMILES string of the molecule is COc1cc2c(cc1-c1c(C)noc1C)[nH]c1nc(C)nc(N/C(C(=N)c3ccccc3)=C(\C)NC(C)C)c12. The molecule has 0 aliphatic heterocycles. The number of benzene rings is 2. The summed E-state index contributed by atoms with van der Waals surface area (Å²) in [5, 5.41) is 21.9. The molecule has 0 amide bonds. The van der Waals surface area contributed by atoms with Gasteiger partial charge in [0.15, 0.2) is 0 Å². The van der Waals surface area contributed by atoms with Gasteiger partial charge in [0.2, 0.25) is 0 Å². The third-order valence-electron chi connectivity index (χ3n) is 6.62. The van der Waals surface area contributed by atoms with Crippen molar-refractivity contribution in [2.24, 2.45) is 0 Å². The van der Waals surface area contributed by atoms with Crippen LogP contribution in [0.25, 0.3) is 33.1 Å². The lowest BCUT2D eigenvalue weighted by Crippen LogP contribution is -2.26. The van der Waals surface area contributed by atoms with E-state index in [9.17, 15) is 0 Å². The zero-order valence-electron chi connectivity index (χ0n) is 23.3. The molecular weight excluding hydrogens is 490 g/mol. The summed E-state index contributed by atoms with van der Waals surface area (Å²) in [5.41, 5.74) is 6.81. The van der Waals surface area contributed by atoms with Crippen molar-refractivity contribution < 1.29 is 9.26 Å². The van der Waals surface area contributed by atoms with Crippen molar-refractivity contribution in [3.63, 3.8) is 0 Å². The van der Waals surface area contributed by atoms with E-state index in [0.29, 0.717) is 34.4 Å². The van der Waals surface area contributed by atoms with E-state index in [4.69, 9.17) is 24.6 Å². The van der Waals surface area contributed by atoms with Crippen LogP contribution in [0.1, 0.15) is 43.6 Å². The van der Waals surface area contributed by atoms with Crippen LogP contribution in [0, 0.1) is 26.2 Å². The minimum atomic E-state index is 0.192. The number of ether oxygens (including phenoxy) is 1. The monoisotopic (exact) mass is 523 g/mol. The van der Waals surface area contributed by atoms with Crippen LogP contribution in [-0.2, 0) is 0 Å². The summed E-state index contributed by atoms with van der Waals surface area (Å²) in [5.74, 6) is 2.63. The Morgan fingerprint density at radius 1 is 1.08 bits per heavy atom. The minimum absolute atomic E-state index is 0.192. The van der Waals surface area contributed by atoms with Crippen LogP contribution in [0.15, 0.2) is 58.4 Å². The van der Waals surface area contributed by atoms with Crippen molar-refractivity contribution >= 4 is 33.5 Å². The number of rotatable bonds is 8. The van der Waals surface area contributed by atoms with E-state index < -0.39 is 0 Å². The van der Waals surface area contributed by atoms with Gasteiger partial charge in [-0.25, -0.2) is 9.97 Å². The molecule has 0 saturated heterocycles. The maximum atomic E-state index is 9.06. The molecule has 0 bridgehead atoms. The van der Waals surface area contributed by atoms with E-state index in [-0.39, 0.29) is 6.04 Å². The van der Waals surface area contributed by atoms with Crippen LogP contribution in [0.2, 0.25) is 0 Å². The van der Waals surface area contributed by atoms with Crippen molar-refractivity contribution in [1.82, 2.24) is 25.4 Å². The van der Waals surface area contributed by atoms with Gasteiger partial charge in [0.05, 0.1) is 35.2 Å². The Morgan fingerprint density at radius 2 is 1.82 bits per heavy atom. The van der Waals surface area contributed by atoms with Crippen molar-refractivity contribution in [2.75, 3.05) is 12.4 Å². The normalized spacial score (nSPS) is 12.2. The first kappa shape index (κ1) is 26.0. The number of anilines is 1. The Balaban J connectivity index is 1.71. The number of methoxy groups -OCH3 is 1. The van der Waals surface area contributed by atoms with E-state index in [2.05, 4.69) is 34.6 Å². The van der Waals surface area contributed by atoms with Gasteiger partial charge in [-0.3, -0.25) is 5.41 Å². The summed E-state index contributed by atoms with van der Waals surface area (Å²) >= 11 is 0. The van der Waals surface area contributed by atoms with Crippen molar-refractivity contribution in [1.29, 1.82) is 5.41 Å². The highest BCUT2D eigenvalue weighted by Gasteiger charge is 2.22. The number of H-pyrrole nitrogens is 1. The molecule has 0 radical (unpaired) electrons. The molecule has 200 valence electrons. The van der Waals surface area contributed by atoms with E-state index in [0.717, 1.165) is 50.1 Å². The van der Waals surface area contributed by atoms with Gasteiger partial charge in [-0.05, 0) is 53.7 Å². The highest BCUT2D eigenvalue weighted by atomic mass is 16.5. The van der Waals surface area contributed by atoms with Gasteiger partial charge in [0, 0.05) is 33.8 Å². The van der Waals surface area contributed by atoms with Gasteiger partial charge in [-0.15, -0.1) is 0 Å². The quantitative estimate of drug-likeness (QED) is 0.173. The van der Waals surface area contributed by atoms with Crippen molar-refractivity contribution in [2.45, 2.75) is 47.6 Å². The lowest BCUT2D eigenvalue weighted by atomic mass is 10.0. The lowest BCUT2D eigenvalue weighted by Gasteiger charge is -2.19. The molecule has 5 aromatic rings. The first-order valence-electron chi connectivity index (χ1n) is 12.9. The van der Waals surface area contributed by atoms with E-state index in [1.54, 1.807) is 7.11 Å². The van der Waals surface area contributed by atoms with Gasteiger partial charge in [0.25, 0.3) is 0 Å². The number of aryl methyl sites for hydroxylation is 3. The van der Waals surface area contributed by atoms with Gasteiger partial charge in [-0.2, -0.15) is 0 Å². The second kappa shape index (κ2) is 10.2. The molecule has 0 fully saturated rings. The van der Waals surface area contributed by atoms with Crippen molar-refractivity contribution in [3.8, 4) is 16.9 Å². The van der Waals surface area contributed by atoms with Gasteiger partial charge in [0.1, 0.15) is 28.8 Å². The number of hydrogen-bond acceptors (Lipinski definition) is 8. The third kappa shape index (κ3) is 4.83. The van der Waals surface area contributed by atoms with Crippen molar-refractivity contribution in [3.05, 3.63) is 76.7 Å². The smallest absolute Gasteiger partial charge is 0.144 e. The molecule has 9 nitrogen and oxygen atoms in total. The zero-order valence-corrected chi connectivity index (χ0v) is 23.3. The number of nitrogens with one attached hydrogen (secondary N) is 4. The Hall–Kier alpha value is -4.66. The van der Waals surface area contributed by atoms with Crippen LogP contribution in [-0.4, -0.2) is 39.0 Å². The Kier molecular flexibility index (Phi) is 6.82. The van der Waals surface area contributed by atoms with Gasteiger partial charge in [-0.1, -0.05) is 35.5 Å². The average Bonchev–Trinajstić information content (AvgIpc) is 3.43. The number of aromatic amines is 1. The molecule has 0 atom stereocenters. The van der Waals surface area contributed by atoms with Crippen LogP contribution in [0.5, 0.6) is 5.75 Å². The fourth-order valence-electron chi connectivity index (χ4n) is 4.97. The van der Waals surface area contributed by atoms with Crippen LogP contribution in [0.4, 0.5) is 5.82 Å². The third-order valence-corrected chi connectivity index (χ3v) is 6.62. The summed E-state index contributed by atoms with van der Waals surface area (Å²) in [7, 11) is 1.65. The molecule has 4 N–H and O–H groups in total. The Morgan fingerprint density at radius 3 is 2.46 bits per heavy atom. The van der Waals surface area contributed by atoms with Gasteiger partial charge >= 0.3 is 0 Å². The second-order valence-electron chi connectivity index (χ2n) is 9.93. The highest BCUT2D eigenvalue weighted by Crippen LogP contribution is 2.40. The molecule has 0 aliphatic rings. The van der Waals surface area contributed by atoms with Crippen LogP contribution in [0.3, 0.4) is 0 Å². The Labute approximate surface area is 227 Å².